The summed E-state index contributed by atoms with van der Waals surface area (Å²) in [6.45, 7) is 4.57. The lowest BCUT2D eigenvalue weighted by molar-refractivity contribution is -0.173. The van der Waals surface area contributed by atoms with Crippen LogP contribution < -0.4 is 0 Å². The third kappa shape index (κ3) is 2.67. The molecular formula is C19H26O5. The van der Waals surface area contributed by atoms with Crippen molar-refractivity contribution in [1.82, 2.24) is 0 Å². The first-order valence-electron chi connectivity index (χ1n) is 9.14. The molecule has 4 aliphatic carbocycles. The Balaban J connectivity index is 1.20. The first-order chi connectivity index (χ1) is 11.5. The Morgan fingerprint density at radius 2 is 1.75 bits per heavy atom. The lowest BCUT2D eigenvalue weighted by atomic mass is 9.70. The molecule has 4 aliphatic rings. The van der Waals surface area contributed by atoms with Gasteiger partial charge in [0, 0.05) is 5.57 Å². The van der Waals surface area contributed by atoms with E-state index in [1.807, 2.05) is 0 Å². The smallest absolute Gasteiger partial charge is 0.346 e. The molecule has 4 saturated carbocycles. The largest absolute Gasteiger partial charge is 0.450 e. The van der Waals surface area contributed by atoms with Crippen molar-refractivity contribution in [2.45, 2.75) is 45.1 Å². The van der Waals surface area contributed by atoms with Gasteiger partial charge in [-0.2, -0.15) is 0 Å². The Morgan fingerprint density at radius 3 is 2.50 bits per heavy atom. The molecule has 5 nitrogen and oxygen atoms in total. The fraction of sp³-hybridized carbons (Fsp3) is 0.789. The first kappa shape index (κ1) is 16.1. The Hall–Kier alpha value is -1.36. The highest BCUT2D eigenvalue weighted by atomic mass is 16.7. The van der Waals surface area contributed by atoms with Gasteiger partial charge in [0.25, 0.3) is 0 Å². The van der Waals surface area contributed by atoms with Crippen molar-refractivity contribution in [3.05, 3.63) is 12.2 Å². The maximum absolute atomic E-state index is 11.6. The van der Waals surface area contributed by atoms with E-state index in [2.05, 4.69) is 6.58 Å². The lowest BCUT2D eigenvalue weighted by Crippen LogP contribution is -2.37. The van der Waals surface area contributed by atoms with Gasteiger partial charge in [0.15, 0.2) is 13.4 Å². The maximum atomic E-state index is 11.6. The molecule has 0 radical (unpaired) electrons. The highest BCUT2D eigenvalue weighted by Gasteiger charge is 2.62. The summed E-state index contributed by atoms with van der Waals surface area (Å²) in [5.74, 6) is 4.05. The van der Waals surface area contributed by atoms with Gasteiger partial charge in [-0.25, -0.2) is 9.59 Å². The van der Waals surface area contributed by atoms with Crippen LogP contribution in [0.15, 0.2) is 12.2 Å². The van der Waals surface area contributed by atoms with Gasteiger partial charge < -0.3 is 14.2 Å². The molecule has 24 heavy (non-hydrogen) atoms. The van der Waals surface area contributed by atoms with Crippen LogP contribution in [0.25, 0.3) is 0 Å². The number of hydrogen-bond donors (Lipinski definition) is 0. The number of carbonyl (C=O) groups excluding carboxylic acids is 2. The van der Waals surface area contributed by atoms with E-state index < -0.39 is 11.9 Å². The fourth-order valence-electron chi connectivity index (χ4n) is 6.17. The molecule has 0 aromatic carbocycles. The van der Waals surface area contributed by atoms with Crippen LogP contribution in [0.2, 0.25) is 0 Å². The molecule has 4 rings (SSSR count). The van der Waals surface area contributed by atoms with E-state index in [0.29, 0.717) is 5.92 Å². The predicted octanol–water partition coefficient (Wildman–Crippen LogP) is 2.69. The molecule has 0 heterocycles. The van der Waals surface area contributed by atoms with E-state index in [4.69, 9.17) is 14.2 Å². The van der Waals surface area contributed by atoms with Gasteiger partial charge in [0.05, 0.1) is 6.10 Å². The van der Waals surface area contributed by atoms with Crippen LogP contribution >= 0.6 is 0 Å². The number of fused-ring (bicyclic) bond motifs is 9. The van der Waals surface area contributed by atoms with E-state index in [-0.39, 0.29) is 25.1 Å². The number of carbonyl (C=O) groups is 2. The molecule has 132 valence electrons. The van der Waals surface area contributed by atoms with Crippen LogP contribution in [0.1, 0.15) is 39.0 Å². The SMILES string of the molecule is C=C(C)C(=O)OCC(=O)OCOC1CC2CC1C1C3CCC(C3)C21. The van der Waals surface area contributed by atoms with Gasteiger partial charge in [-0.15, -0.1) is 0 Å². The quantitative estimate of drug-likeness (QED) is 0.323. The average Bonchev–Trinajstić information content (AvgIpc) is 3.30. The summed E-state index contributed by atoms with van der Waals surface area (Å²) in [7, 11) is 0. The zero-order valence-corrected chi connectivity index (χ0v) is 14.2. The minimum Gasteiger partial charge on any atom is -0.450 e. The normalized spacial score (nSPS) is 41.3. The topological polar surface area (TPSA) is 61.8 Å². The van der Waals surface area contributed by atoms with Crippen LogP contribution in [0, 0.1) is 35.5 Å². The molecule has 7 atom stereocenters. The van der Waals surface area contributed by atoms with Crippen LogP contribution in [0.5, 0.6) is 0 Å². The summed E-state index contributed by atoms with van der Waals surface area (Å²) < 4.78 is 15.7. The summed E-state index contributed by atoms with van der Waals surface area (Å²) in [6, 6.07) is 0. The van der Waals surface area contributed by atoms with Crippen molar-refractivity contribution >= 4 is 11.9 Å². The Labute approximate surface area is 142 Å². The van der Waals surface area contributed by atoms with Crippen LogP contribution in [-0.2, 0) is 23.8 Å². The third-order valence-corrected chi connectivity index (χ3v) is 6.84. The second-order valence-corrected chi connectivity index (χ2v) is 8.08. The van der Waals surface area contributed by atoms with Crippen molar-refractivity contribution in [3.63, 3.8) is 0 Å². The molecule has 0 spiro atoms. The number of rotatable bonds is 6. The molecular weight excluding hydrogens is 308 g/mol. The highest BCUT2D eigenvalue weighted by molar-refractivity contribution is 5.88. The Kier molecular flexibility index (Phi) is 4.15. The Morgan fingerprint density at radius 1 is 1.00 bits per heavy atom. The monoisotopic (exact) mass is 334 g/mol. The summed E-state index contributed by atoms with van der Waals surface area (Å²) in [5.41, 5.74) is 0.265. The number of ether oxygens (including phenoxy) is 3. The van der Waals surface area contributed by atoms with E-state index in [1.54, 1.807) is 0 Å². The predicted molar refractivity (Wildman–Crippen MR) is 85.6 cm³/mol. The van der Waals surface area contributed by atoms with Gasteiger partial charge in [0.2, 0.25) is 0 Å². The van der Waals surface area contributed by atoms with E-state index >= 15 is 0 Å². The Bertz CT molecular complexity index is 556. The summed E-state index contributed by atoms with van der Waals surface area (Å²) >= 11 is 0. The third-order valence-electron chi connectivity index (χ3n) is 6.84. The molecule has 0 saturated heterocycles. The van der Waals surface area contributed by atoms with E-state index in [1.165, 1.54) is 32.6 Å². The summed E-state index contributed by atoms with van der Waals surface area (Å²) in [4.78, 5) is 22.8. The van der Waals surface area contributed by atoms with Crippen LogP contribution in [0.3, 0.4) is 0 Å². The fourth-order valence-corrected chi connectivity index (χ4v) is 6.17. The molecule has 0 amide bonds. The molecule has 4 fully saturated rings. The van der Waals surface area contributed by atoms with Crippen molar-refractivity contribution in [2.75, 3.05) is 13.4 Å². The molecule has 4 bridgehead atoms. The zero-order chi connectivity index (χ0) is 16.8. The minimum atomic E-state index is -0.580. The second-order valence-electron chi connectivity index (χ2n) is 8.08. The molecule has 0 aliphatic heterocycles. The van der Waals surface area contributed by atoms with Crippen LogP contribution in [0.4, 0.5) is 0 Å². The van der Waals surface area contributed by atoms with Crippen molar-refractivity contribution in [1.29, 1.82) is 0 Å². The van der Waals surface area contributed by atoms with Crippen LogP contribution in [-0.4, -0.2) is 31.4 Å². The average molecular weight is 334 g/mol. The first-order valence-corrected chi connectivity index (χ1v) is 9.14. The molecule has 7 unspecified atom stereocenters. The maximum Gasteiger partial charge on any atom is 0.346 e. The van der Waals surface area contributed by atoms with Gasteiger partial charge in [0.1, 0.15) is 0 Å². The minimum absolute atomic E-state index is 0.0389. The summed E-state index contributed by atoms with van der Waals surface area (Å²) in [6.07, 6.45) is 6.96. The standard InChI is InChI=1S/C19H26O5/c1-10(2)19(21)22-8-16(20)24-9-23-15-7-13-6-14(15)18-12-4-3-11(5-12)17(13)18/h11-15,17-18H,1,3-9H2,2H3. The summed E-state index contributed by atoms with van der Waals surface area (Å²) in [5, 5.41) is 0. The highest BCUT2D eigenvalue weighted by Crippen LogP contribution is 2.67. The number of hydrogen-bond acceptors (Lipinski definition) is 5. The van der Waals surface area contributed by atoms with Crippen molar-refractivity contribution in [3.8, 4) is 0 Å². The number of esters is 2. The van der Waals surface area contributed by atoms with E-state index in [9.17, 15) is 9.59 Å². The zero-order valence-electron chi connectivity index (χ0n) is 14.2. The molecule has 5 heteroatoms. The van der Waals surface area contributed by atoms with Gasteiger partial charge in [-0.1, -0.05) is 6.58 Å². The van der Waals surface area contributed by atoms with Crippen molar-refractivity contribution < 1.29 is 23.8 Å². The molecule has 0 N–H and O–H groups in total. The van der Waals surface area contributed by atoms with Gasteiger partial charge in [-0.05, 0) is 74.5 Å². The van der Waals surface area contributed by atoms with Gasteiger partial charge >= 0.3 is 11.9 Å². The lowest BCUT2D eigenvalue weighted by Gasteiger charge is -2.38. The molecule has 0 aromatic rings. The second kappa shape index (κ2) is 6.17. The van der Waals surface area contributed by atoms with Gasteiger partial charge in [-0.3, -0.25) is 0 Å². The molecule has 0 aromatic heterocycles. The van der Waals surface area contributed by atoms with Crippen molar-refractivity contribution in [2.24, 2.45) is 35.5 Å². The van der Waals surface area contributed by atoms with E-state index in [0.717, 1.165) is 36.0 Å².